The number of nitrogens with two attached hydrogens (primary N) is 1. The van der Waals surface area contributed by atoms with Gasteiger partial charge >= 0.3 is 5.97 Å². The van der Waals surface area contributed by atoms with Gasteiger partial charge in [-0.05, 0) is 45.3 Å². The van der Waals surface area contributed by atoms with Crippen LogP contribution in [0.25, 0.3) is 21.5 Å². The van der Waals surface area contributed by atoms with E-state index in [2.05, 4.69) is 5.32 Å². The summed E-state index contributed by atoms with van der Waals surface area (Å²) in [5, 5.41) is 15.2. The second-order valence-corrected chi connectivity index (χ2v) is 7.33. The van der Waals surface area contributed by atoms with Crippen LogP contribution in [-0.2, 0) is 11.2 Å². The van der Waals surface area contributed by atoms with E-state index in [1.807, 2.05) is 54.6 Å². The Hall–Kier alpha value is -4.19. The molecule has 0 radical (unpaired) electrons. The second-order valence-electron chi connectivity index (χ2n) is 7.33. The molecule has 6 heteroatoms. The fourth-order valence-electron chi connectivity index (χ4n) is 3.73. The predicted octanol–water partition coefficient (Wildman–Crippen LogP) is 3.52. The smallest absolute Gasteiger partial charge is 0.335 e. The van der Waals surface area contributed by atoms with Crippen molar-refractivity contribution in [2.24, 2.45) is 5.73 Å². The first-order valence-corrected chi connectivity index (χ1v) is 9.77. The van der Waals surface area contributed by atoms with Gasteiger partial charge < -0.3 is 16.2 Å². The molecule has 4 aromatic carbocycles. The first kappa shape index (κ1) is 20.1. The maximum Gasteiger partial charge on any atom is 0.335 e. The highest BCUT2D eigenvalue weighted by atomic mass is 16.4. The van der Waals surface area contributed by atoms with E-state index in [0.717, 1.165) is 21.5 Å². The van der Waals surface area contributed by atoms with Gasteiger partial charge in [0.2, 0.25) is 5.91 Å². The number of amides is 2. The molecule has 0 aliphatic rings. The highest BCUT2D eigenvalue weighted by Gasteiger charge is 2.22. The van der Waals surface area contributed by atoms with Gasteiger partial charge in [0.1, 0.15) is 6.04 Å². The van der Waals surface area contributed by atoms with Crippen LogP contribution in [0.1, 0.15) is 26.3 Å². The number of carboxylic acid groups (broad SMARTS) is 1. The molecule has 154 valence electrons. The summed E-state index contributed by atoms with van der Waals surface area (Å²) in [7, 11) is 0. The first-order valence-electron chi connectivity index (χ1n) is 9.77. The van der Waals surface area contributed by atoms with Gasteiger partial charge in [-0.3, -0.25) is 9.59 Å². The fourth-order valence-corrected chi connectivity index (χ4v) is 3.73. The minimum Gasteiger partial charge on any atom is -0.478 e. The molecule has 0 aliphatic carbocycles. The number of benzene rings is 4. The molecule has 31 heavy (non-hydrogen) atoms. The second kappa shape index (κ2) is 8.28. The largest absolute Gasteiger partial charge is 0.478 e. The van der Waals surface area contributed by atoms with Gasteiger partial charge in [0.05, 0.1) is 11.1 Å². The predicted molar refractivity (Wildman–Crippen MR) is 119 cm³/mol. The molecule has 0 spiro atoms. The van der Waals surface area contributed by atoms with E-state index in [4.69, 9.17) is 10.8 Å². The molecule has 4 rings (SSSR count). The fraction of sp³-hybridized carbons (Fsp3) is 0.0800. The van der Waals surface area contributed by atoms with E-state index < -0.39 is 17.9 Å². The van der Waals surface area contributed by atoms with Crippen LogP contribution >= 0.6 is 0 Å². The monoisotopic (exact) mass is 412 g/mol. The molecule has 0 fully saturated rings. The third kappa shape index (κ3) is 4.09. The van der Waals surface area contributed by atoms with Gasteiger partial charge in [-0.2, -0.15) is 0 Å². The molecular weight excluding hydrogens is 392 g/mol. The zero-order valence-corrected chi connectivity index (χ0v) is 16.5. The Morgan fingerprint density at radius 1 is 0.839 bits per heavy atom. The summed E-state index contributed by atoms with van der Waals surface area (Å²) >= 11 is 0. The number of nitrogens with one attached hydrogen (secondary N) is 1. The van der Waals surface area contributed by atoms with E-state index in [1.165, 1.54) is 12.1 Å². The summed E-state index contributed by atoms with van der Waals surface area (Å²) in [6, 6.07) is 22.4. The number of hydrogen-bond acceptors (Lipinski definition) is 3. The van der Waals surface area contributed by atoms with Gasteiger partial charge in [-0.25, -0.2) is 4.79 Å². The normalized spacial score (nSPS) is 11.9. The number of primary amides is 1. The summed E-state index contributed by atoms with van der Waals surface area (Å²) in [6.45, 7) is 0. The minimum atomic E-state index is -1.03. The van der Waals surface area contributed by atoms with Crippen molar-refractivity contribution in [3.05, 3.63) is 95.6 Å². The Bertz CT molecular complexity index is 1260. The SMILES string of the molecule is NC(=O)[C@H](Cc1ccc(C(=O)O)cc1)NC(=O)c1c2ccccc2cc2ccccc12. The Morgan fingerprint density at radius 3 is 1.90 bits per heavy atom. The lowest BCUT2D eigenvalue weighted by atomic mass is 9.95. The average Bonchev–Trinajstić information content (AvgIpc) is 2.77. The van der Waals surface area contributed by atoms with E-state index in [-0.39, 0.29) is 17.9 Å². The Morgan fingerprint density at radius 2 is 1.39 bits per heavy atom. The number of hydrogen-bond donors (Lipinski definition) is 3. The quantitative estimate of drug-likeness (QED) is 0.421. The molecule has 0 aromatic heterocycles. The van der Waals surface area contributed by atoms with Crippen molar-refractivity contribution in [3.63, 3.8) is 0 Å². The highest BCUT2D eigenvalue weighted by Crippen LogP contribution is 2.28. The molecule has 4 N–H and O–H groups in total. The van der Waals surface area contributed by atoms with E-state index in [0.29, 0.717) is 11.1 Å². The lowest BCUT2D eigenvalue weighted by Gasteiger charge is -2.18. The van der Waals surface area contributed by atoms with Gasteiger partial charge in [0.25, 0.3) is 5.91 Å². The van der Waals surface area contributed by atoms with Crippen LogP contribution < -0.4 is 11.1 Å². The van der Waals surface area contributed by atoms with Crippen molar-refractivity contribution in [2.75, 3.05) is 0 Å². The first-order chi connectivity index (χ1) is 14.9. The summed E-state index contributed by atoms with van der Waals surface area (Å²) in [4.78, 5) is 36.4. The number of aromatic carboxylic acids is 1. The number of carbonyl (C=O) groups is 3. The number of rotatable bonds is 6. The molecule has 0 aliphatic heterocycles. The van der Waals surface area contributed by atoms with Crippen molar-refractivity contribution in [1.82, 2.24) is 5.32 Å². The van der Waals surface area contributed by atoms with Crippen LogP contribution in [0.2, 0.25) is 0 Å². The molecule has 0 bridgehead atoms. The van der Waals surface area contributed by atoms with Crippen LogP contribution in [-0.4, -0.2) is 28.9 Å². The van der Waals surface area contributed by atoms with Crippen molar-refractivity contribution in [3.8, 4) is 0 Å². The standard InChI is InChI=1S/C25H20N2O4/c26-23(28)21(13-15-9-11-16(12-10-15)25(30)31)27-24(29)22-19-7-3-1-5-17(19)14-18-6-2-4-8-20(18)22/h1-12,14,21H,13H2,(H2,26,28)(H,27,29)(H,30,31)/t21-/m0/s1. The van der Waals surface area contributed by atoms with Crippen LogP contribution in [0.3, 0.4) is 0 Å². The minimum absolute atomic E-state index is 0.144. The van der Waals surface area contributed by atoms with Crippen molar-refractivity contribution >= 4 is 39.3 Å². The molecule has 4 aromatic rings. The third-order valence-electron chi connectivity index (χ3n) is 5.29. The van der Waals surface area contributed by atoms with E-state index >= 15 is 0 Å². The van der Waals surface area contributed by atoms with Gasteiger partial charge in [-0.1, -0.05) is 60.7 Å². The molecule has 1 atom stereocenters. The topological polar surface area (TPSA) is 109 Å². The van der Waals surface area contributed by atoms with E-state index in [1.54, 1.807) is 12.1 Å². The van der Waals surface area contributed by atoms with Crippen molar-refractivity contribution < 1.29 is 19.5 Å². The average molecular weight is 412 g/mol. The van der Waals surface area contributed by atoms with Crippen LogP contribution in [0.4, 0.5) is 0 Å². The molecule has 0 saturated heterocycles. The summed E-state index contributed by atoms with van der Waals surface area (Å²) in [5.74, 6) is -2.09. The Kier molecular flexibility index (Phi) is 5.37. The number of carbonyl (C=O) groups excluding carboxylic acids is 2. The maximum atomic E-state index is 13.3. The number of carboxylic acids is 1. The Balaban J connectivity index is 1.68. The molecule has 2 amide bonds. The zero-order valence-electron chi connectivity index (χ0n) is 16.5. The lowest BCUT2D eigenvalue weighted by Crippen LogP contribution is -2.46. The highest BCUT2D eigenvalue weighted by molar-refractivity contribution is 6.18. The zero-order chi connectivity index (χ0) is 22.0. The lowest BCUT2D eigenvalue weighted by molar-refractivity contribution is -0.119. The molecule has 6 nitrogen and oxygen atoms in total. The van der Waals surface area contributed by atoms with Gasteiger partial charge in [0.15, 0.2) is 0 Å². The summed E-state index contributed by atoms with van der Waals surface area (Å²) < 4.78 is 0. The summed E-state index contributed by atoms with van der Waals surface area (Å²) in [5.41, 5.74) is 6.89. The maximum absolute atomic E-state index is 13.3. The van der Waals surface area contributed by atoms with Gasteiger partial charge in [0, 0.05) is 6.42 Å². The van der Waals surface area contributed by atoms with Crippen LogP contribution in [0, 0.1) is 0 Å². The van der Waals surface area contributed by atoms with Crippen molar-refractivity contribution in [2.45, 2.75) is 12.5 Å². The van der Waals surface area contributed by atoms with Crippen molar-refractivity contribution in [1.29, 1.82) is 0 Å². The number of fused-ring (bicyclic) bond motifs is 2. The molecular formula is C25H20N2O4. The van der Waals surface area contributed by atoms with Gasteiger partial charge in [-0.15, -0.1) is 0 Å². The van der Waals surface area contributed by atoms with Crippen LogP contribution in [0.5, 0.6) is 0 Å². The summed E-state index contributed by atoms with van der Waals surface area (Å²) in [6.07, 6.45) is 0.156. The van der Waals surface area contributed by atoms with E-state index in [9.17, 15) is 14.4 Å². The van der Waals surface area contributed by atoms with Crippen LogP contribution in [0.15, 0.2) is 78.9 Å². The third-order valence-corrected chi connectivity index (χ3v) is 5.29. The molecule has 0 unspecified atom stereocenters. The molecule has 0 heterocycles. The Labute approximate surface area is 178 Å². The molecule has 0 saturated carbocycles.